The quantitative estimate of drug-likeness (QED) is 0.404. The Morgan fingerprint density at radius 2 is 1.28 bits per heavy atom. The Bertz CT molecular complexity index is 908. The summed E-state index contributed by atoms with van der Waals surface area (Å²) in [7, 11) is 0. The van der Waals surface area contributed by atoms with Crippen LogP contribution in [-0.2, 0) is 0 Å². The third-order valence-corrected chi connectivity index (χ3v) is 3.98. The molecule has 0 fully saturated rings. The van der Waals surface area contributed by atoms with Gasteiger partial charge >= 0.3 is 0 Å². The molecule has 13 heteroatoms. The Balaban J connectivity index is 0.000000320. The van der Waals surface area contributed by atoms with Crippen LogP contribution in [0, 0.1) is 11.3 Å². The molecule has 2 heterocycles. The van der Waals surface area contributed by atoms with Gasteiger partial charge in [0, 0.05) is 18.6 Å². The van der Waals surface area contributed by atoms with Crippen LogP contribution < -0.4 is 21.3 Å². The minimum Gasteiger partial charge on any atom is -0.354 e. The first-order valence-corrected chi connectivity index (χ1v) is 11.7. The number of nitrogens with one attached hydrogen (secondary N) is 4. The highest BCUT2D eigenvalue weighted by atomic mass is 35.5. The molecule has 0 aliphatic heterocycles. The van der Waals surface area contributed by atoms with Crippen molar-refractivity contribution < 1.29 is 0 Å². The lowest BCUT2D eigenvalue weighted by Gasteiger charge is -2.20. The lowest BCUT2D eigenvalue weighted by atomic mass is 10.1. The number of nitrogens with zero attached hydrogens (tertiary/aromatic N) is 7. The summed E-state index contributed by atoms with van der Waals surface area (Å²) in [6.07, 6.45) is 1.95. The predicted octanol–water partition coefficient (Wildman–Crippen LogP) is 3.91. The standard InChI is InChI=1S/C10H19N5S.C9H13ClN6/c1-6-11-7-12-8(15-10(2,3)4)14-9(13-7)16-5;1-4-12-7-13-6(10)14-8(15-7)16-9(2,3)5-11/h6H2,1-5H3,(H2,11,12,13,14,15);4H2,1-3H3,(H2,12,13,14,15,16). The third kappa shape index (κ3) is 10.6. The number of anilines is 4. The van der Waals surface area contributed by atoms with Crippen molar-refractivity contribution in [1.29, 1.82) is 5.26 Å². The van der Waals surface area contributed by atoms with Gasteiger partial charge in [-0.05, 0) is 66.3 Å². The topological polar surface area (TPSA) is 149 Å². The zero-order valence-electron chi connectivity index (χ0n) is 19.8. The van der Waals surface area contributed by atoms with E-state index in [0.717, 1.165) is 11.7 Å². The highest BCUT2D eigenvalue weighted by Crippen LogP contribution is 2.16. The van der Waals surface area contributed by atoms with E-state index in [1.807, 2.05) is 20.1 Å². The molecule has 0 amide bonds. The fourth-order valence-electron chi connectivity index (χ4n) is 2.03. The second kappa shape index (κ2) is 12.4. The van der Waals surface area contributed by atoms with Gasteiger partial charge < -0.3 is 21.3 Å². The number of rotatable bonds is 8. The van der Waals surface area contributed by atoms with Crippen molar-refractivity contribution in [3.63, 3.8) is 0 Å². The Morgan fingerprint density at radius 1 is 0.812 bits per heavy atom. The molecule has 0 saturated carbocycles. The third-order valence-electron chi connectivity index (χ3n) is 3.27. The van der Waals surface area contributed by atoms with Gasteiger partial charge in [-0.15, -0.1) is 0 Å². The molecule has 0 aliphatic rings. The van der Waals surface area contributed by atoms with Crippen molar-refractivity contribution >= 4 is 47.2 Å². The maximum atomic E-state index is 8.87. The summed E-state index contributed by atoms with van der Waals surface area (Å²) in [6.45, 7) is 15.1. The average molecular weight is 482 g/mol. The molecule has 2 aromatic rings. The first-order valence-electron chi connectivity index (χ1n) is 10.1. The molecule has 2 aromatic heterocycles. The fourth-order valence-corrected chi connectivity index (χ4v) is 2.54. The van der Waals surface area contributed by atoms with Crippen LogP contribution in [0.15, 0.2) is 5.16 Å². The van der Waals surface area contributed by atoms with Crippen molar-refractivity contribution in [2.24, 2.45) is 0 Å². The second-order valence-electron chi connectivity index (χ2n) is 8.02. The van der Waals surface area contributed by atoms with E-state index in [2.05, 4.69) is 78.0 Å². The Kier molecular flexibility index (Phi) is 10.6. The molecule has 0 bridgehead atoms. The summed E-state index contributed by atoms with van der Waals surface area (Å²) in [5.74, 6) is 1.90. The summed E-state index contributed by atoms with van der Waals surface area (Å²) in [6, 6.07) is 2.09. The Morgan fingerprint density at radius 3 is 1.75 bits per heavy atom. The molecular weight excluding hydrogens is 450 g/mol. The molecule has 0 radical (unpaired) electrons. The molecule has 11 nitrogen and oxygen atoms in total. The number of aromatic nitrogens is 6. The van der Waals surface area contributed by atoms with Crippen LogP contribution in [0.5, 0.6) is 0 Å². The monoisotopic (exact) mass is 481 g/mol. The summed E-state index contributed by atoms with van der Waals surface area (Å²) < 4.78 is 0. The van der Waals surface area contributed by atoms with Crippen molar-refractivity contribution in [2.75, 3.05) is 40.6 Å². The smallest absolute Gasteiger partial charge is 0.230 e. The molecular formula is C19H32ClN11S. The highest BCUT2D eigenvalue weighted by molar-refractivity contribution is 7.98. The second-order valence-corrected chi connectivity index (χ2v) is 9.13. The Labute approximate surface area is 199 Å². The first kappa shape index (κ1) is 27.4. The van der Waals surface area contributed by atoms with Crippen LogP contribution in [0.2, 0.25) is 5.28 Å². The molecule has 176 valence electrons. The molecule has 0 unspecified atom stereocenters. The normalized spacial score (nSPS) is 11.0. The van der Waals surface area contributed by atoms with Crippen molar-refractivity contribution in [2.45, 2.75) is 64.7 Å². The minimum absolute atomic E-state index is 0.0550. The maximum Gasteiger partial charge on any atom is 0.230 e. The van der Waals surface area contributed by atoms with E-state index in [0.29, 0.717) is 24.4 Å². The lowest BCUT2D eigenvalue weighted by Crippen LogP contribution is -2.29. The molecule has 4 N–H and O–H groups in total. The number of thioether (sulfide) groups is 1. The summed E-state index contributed by atoms with van der Waals surface area (Å²) >= 11 is 7.24. The maximum absolute atomic E-state index is 8.87. The highest BCUT2D eigenvalue weighted by Gasteiger charge is 2.18. The van der Waals surface area contributed by atoms with Gasteiger partial charge in [-0.1, -0.05) is 11.8 Å². The molecule has 0 spiro atoms. The molecule has 2 rings (SSSR count). The van der Waals surface area contributed by atoms with Crippen LogP contribution >= 0.6 is 23.4 Å². The molecule has 32 heavy (non-hydrogen) atoms. The van der Waals surface area contributed by atoms with Crippen LogP contribution in [0.4, 0.5) is 23.8 Å². The van der Waals surface area contributed by atoms with E-state index in [-0.39, 0.29) is 16.8 Å². The van der Waals surface area contributed by atoms with Crippen molar-refractivity contribution in [3.05, 3.63) is 5.28 Å². The fraction of sp³-hybridized carbons (Fsp3) is 0.632. The van der Waals surface area contributed by atoms with E-state index in [1.54, 1.807) is 13.8 Å². The first-order chi connectivity index (χ1) is 14.9. The van der Waals surface area contributed by atoms with Crippen molar-refractivity contribution in [3.8, 4) is 6.07 Å². The van der Waals surface area contributed by atoms with E-state index in [1.165, 1.54) is 11.8 Å². The molecule has 0 saturated heterocycles. The SMILES string of the molecule is CCNc1nc(Cl)nc(NC(C)(C)C#N)n1.CCNc1nc(NC(C)(C)C)nc(SC)n1. The van der Waals surface area contributed by atoms with Crippen LogP contribution in [0.1, 0.15) is 48.5 Å². The van der Waals surface area contributed by atoms with Crippen molar-refractivity contribution in [1.82, 2.24) is 29.9 Å². The van der Waals surface area contributed by atoms with E-state index in [4.69, 9.17) is 16.9 Å². The zero-order valence-corrected chi connectivity index (χ0v) is 21.4. The van der Waals surface area contributed by atoms with Gasteiger partial charge in [0.25, 0.3) is 0 Å². The lowest BCUT2D eigenvalue weighted by molar-refractivity contribution is 0.622. The van der Waals surface area contributed by atoms with Crippen LogP contribution in [-0.4, -0.2) is 60.3 Å². The van der Waals surface area contributed by atoms with Gasteiger partial charge in [-0.25, -0.2) is 0 Å². The number of nitriles is 1. The number of halogens is 1. The van der Waals surface area contributed by atoms with Gasteiger partial charge in [0.15, 0.2) is 5.16 Å². The number of hydrogen-bond donors (Lipinski definition) is 4. The molecule has 0 atom stereocenters. The van der Waals surface area contributed by atoms with Crippen LogP contribution in [0.3, 0.4) is 0 Å². The zero-order chi connectivity index (χ0) is 24.4. The van der Waals surface area contributed by atoms with Gasteiger partial charge in [0.2, 0.25) is 29.1 Å². The predicted molar refractivity (Wildman–Crippen MR) is 131 cm³/mol. The van der Waals surface area contributed by atoms with E-state index >= 15 is 0 Å². The van der Waals surface area contributed by atoms with Crippen LogP contribution in [0.25, 0.3) is 0 Å². The van der Waals surface area contributed by atoms with Gasteiger partial charge in [0.05, 0.1) is 6.07 Å². The van der Waals surface area contributed by atoms with Gasteiger partial charge in [-0.2, -0.15) is 35.2 Å². The molecule has 0 aromatic carbocycles. The summed E-state index contributed by atoms with van der Waals surface area (Å²) in [5, 5.41) is 21.8. The summed E-state index contributed by atoms with van der Waals surface area (Å²) in [5.41, 5.74) is -0.811. The van der Waals surface area contributed by atoms with Gasteiger partial charge in [-0.3, -0.25) is 0 Å². The summed E-state index contributed by atoms with van der Waals surface area (Å²) in [4.78, 5) is 24.7. The average Bonchev–Trinajstić information content (AvgIpc) is 2.66. The molecule has 0 aliphatic carbocycles. The van der Waals surface area contributed by atoms with E-state index in [9.17, 15) is 0 Å². The largest absolute Gasteiger partial charge is 0.354 e. The van der Waals surface area contributed by atoms with E-state index < -0.39 is 5.54 Å². The number of hydrogen-bond acceptors (Lipinski definition) is 12. The minimum atomic E-state index is -0.756. The van der Waals surface area contributed by atoms with Gasteiger partial charge in [0.1, 0.15) is 5.54 Å². The Hall–Kier alpha value is -2.65.